The predicted molar refractivity (Wildman–Crippen MR) is 87.5 cm³/mol. The van der Waals surface area contributed by atoms with E-state index in [1.807, 2.05) is 11.9 Å². The maximum Gasteiger partial charge on any atom is 0.246 e. The zero-order chi connectivity index (χ0) is 16.6. The molecule has 0 aromatic rings. The lowest BCUT2D eigenvalue weighted by atomic mass is 9.48. The normalized spacial score (nSPS) is 55.3. The second-order valence-electron chi connectivity index (χ2n) is 8.91. The molecule has 0 radical (unpaired) electrons. The van der Waals surface area contributed by atoms with E-state index in [9.17, 15) is 15.0 Å². The summed E-state index contributed by atoms with van der Waals surface area (Å²) in [4.78, 5) is 14.0. The Hall–Kier alpha value is -0.870. The predicted octanol–water partition coefficient (Wildman–Crippen LogP) is 1.96. The van der Waals surface area contributed by atoms with Gasteiger partial charge in [0.15, 0.2) is 0 Å². The Kier molecular flexibility index (Phi) is 3.28. The Balaban J connectivity index is 1.70. The molecule has 1 amide bonds. The molecule has 0 bridgehead atoms. The smallest absolute Gasteiger partial charge is 0.246 e. The van der Waals surface area contributed by atoms with Gasteiger partial charge in [0.05, 0.1) is 12.2 Å². The van der Waals surface area contributed by atoms with Crippen molar-refractivity contribution in [1.82, 2.24) is 4.90 Å². The molecule has 0 aromatic carbocycles. The third kappa shape index (κ3) is 1.88. The first-order chi connectivity index (χ1) is 10.8. The molecule has 8 atom stereocenters. The summed E-state index contributed by atoms with van der Waals surface area (Å²) < 4.78 is 0. The Bertz CT molecular complexity index is 561. The first-order valence-electron chi connectivity index (χ1n) is 9.11. The van der Waals surface area contributed by atoms with Crippen molar-refractivity contribution in [3.63, 3.8) is 0 Å². The van der Waals surface area contributed by atoms with E-state index in [1.54, 1.807) is 6.08 Å². The quantitative estimate of drug-likeness (QED) is 0.717. The van der Waals surface area contributed by atoms with Crippen LogP contribution in [0.25, 0.3) is 0 Å². The lowest BCUT2D eigenvalue weighted by Gasteiger charge is -2.59. The van der Waals surface area contributed by atoms with Crippen molar-refractivity contribution in [2.45, 2.75) is 64.2 Å². The minimum absolute atomic E-state index is 0.0331. The first-order valence-corrected chi connectivity index (χ1v) is 9.11. The molecule has 1 aliphatic heterocycles. The number of aliphatic hydroxyl groups is 2. The van der Waals surface area contributed by atoms with E-state index in [4.69, 9.17) is 0 Å². The third-order valence-corrected chi connectivity index (χ3v) is 8.10. The summed E-state index contributed by atoms with van der Waals surface area (Å²) in [7, 11) is 1.94. The van der Waals surface area contributed by atoms with Crippen LogP contribution in [-0.4, -0.2) is 46.3 Å². The second-order valence-corrected chi connectivity index (χ2v) is 8.91. The van der Waals surface area contributed by atoms with Crippen LogP contribution in [0, 0.1) is 28.6 Å². The molecular weight excluding hydrogens is 290 g/mol. The van der Waals surface area contributed by atoms with Crippen LogP contribution < -0.4 is 0 Å². The van der Waals surface area contributed by atoms with E-state index in [0.29, 0.717) is 23.8 Å². The molecule has 1 heterocycles. The molecule has 4 rings (SSSR count). The second kappa shape index (κ2) is 4.82. The lowest BCUT2D eigenvalue weighted by Crippen LogP contribution is -2.59. The van der Waals surface area contributed by atoms with Gasteiger partial charge in [0.2, 0.25) is 5.91 Å². The molecule has 0 saturated heterocycles. The summed E-state index contributed by atoms with van der Waals surface area (Å²) in [6, 6.07) is 0.293. The van der Waals surface area contributed by atoms with E-state index in [-0.39, 0.29) is 16.7 Å². The molecule has 0 spiro atoms. The Labute approximate surface area is 138 Å². The van der Waals surface area contributed by atoms with Gasteiger partial charge in [-0.1, -0.05) is 19.9 Å². The molecule has 0 aromatic heterocycles. The van der Waals surface area contributed by atoms with Gasteiger partial charge in [0.25, 0.3) is 0 Å². The molecule has 23 heavy (non-hydrogen) atoms. The number of amides is 1. The zero-order valence-corrected chi connectivity index (χ0v) is 14.4. The molecule has 2 N–H and O–H groups in total. The number of aliphatic hydroxyl groups excluding tert-OH is 2. The average molecular weight is 319 g/mol. The van der Waals surface area contributed by atoms with Gasteiger partial charge >= 0.3 is 0 Å². The molecule has 4 aliphatic rings. The fourth-order valence-corrected chi connectivity index (χ4v) is 6.73. The van der Waals surface area contributed by atoms with Crippen LogP contribution in [0.1, 0.15) is 46.0 Å². The molecule has 3 fully saturated rings. The first kappa shape index (κ1) is 15.6. The maximum absolute atomic E-state index is 12.0. The van der Waals surface area contributed by atoms with Crippen molar-refractivity contribution < 1.29 is 15.0 Å². The molecule has 3 saturated carbocycles. The number of nitrogens with zero attached hydrogens (tertiary/aromatic N) is 1. The fraction of sp³-hybridized carbons (Fsp3) is 0.842. The number of carbonyl (C=O) groups is 1. The van der Waals surface area contributed by atoms with Crippen molar-refractivity contribution in [2.75, 3.05) is 7.05 Å². The average Bonchev–Trinajstić information content (AvgIpc) is 2.75. The maximum atomic E-state index is 12.0. The highest BCUT2D eigenvalue weighted by molar-refractivity contribution is 5.89. The zero-order valence-electron chi connectivity index (χ0n) is 14.4. The third-order valence-electron chi connectivity index (χ3n) is 8.10. The number of likely N-dealkylation sites (N-methyl/N-ethyl adjacent to an activating group) is 1. The van der Waals surface area contributed by atoms with E-state index in [1.165, 1.54) is 0 Å². The number of hydrogen-bond acceptors (Lipinski definition) is 3. The largest absolute Gasteiger partial charge is 0.390 e. The van der Waals surface area contributed by atoms with Gasteiger partial charge < -0.3 is 15.1 Å². The highest BCUT2D eigenvalue weighted by atomic mass is 16.3. The summed E-state index contributed by atoms with van der Waals surface area (Å²) in [5.74, 6) is 1.62. The molecule has 0 unspecified atom stereocenters. The van der Waals surface area contributed by atoms with E-state index in [0.717, 1.165) is 32.1 Å². The van der Waals surface area contributed by atoms with Gasteiger partial charge in [-0.3, -0.25) is 4.79 Å². The molecule has 4 heteroatoms. The van der Waals surface area contributed by atoms with Crippen molar-refractivity contribution in [3.05, 3.63) is 12.2 Å². The minimum Gasteiger partial charge on any atom is -0.390 e. The van der Waals surface area contributed by atoms with Gasteiger partial charge in [0.1, 0.15) is 0 Å². The molecule has 128 valence electrons. The van der Waals surface area contributed by atoms with Crippen LogP contribution in [-0.2, 0) is 4.79 Å². The summed E-state index contributed by atoms with van der Waals surface area (Å²) in [6.45, 7) is 4.49. The monoisotopic (exact) mass is 319 g/mol. The summed E-state index contributed by atoms with van der Waals surface area (Å²) in [5, 5.41) is 20.7. The summed E-state index contributed by atoms with van der Waals surface area (Å²) in [6.07, 6.45) is 7.71. The number of hydrogen-bond donors (Lipinski definition) is 2. The Morgan fingerprint density at radius 1 is 1.17 bits per heavy atom. The summed E-state index contributed by atoms with van der Waals surface area (Å²) >= 11 is 0. The molecule has 3 aliphatic carbocycles. The molecular formula is C19H29NO3. The van der Waals surface area contributed by atoms with Crippen molar-refractivity contribution in [1.29, 1.82) is 0 Å². The van der Waals surface area contributed by atoms with Gasteiger partial charge in [-0.2, -0.15) is 0 Å². The summed E-state index contributed by atoms with van der Waals surface area (Å²) in [5.41, 5.74) is -0.102. The standard InChI is InChI=1S/C19H29NO3/c1-18-9-7-16(22)20(3)15(18)5-4-11-12(18)6-8-19(2)13(11)10-14(21)17(19)23/h7,9,11-15,17,21,23H,4-6,8,10H2,1-3H3/t11-,12+,13+,14+,15-,17+,18-,19+/m1/s1. The van der Waals surface area contributed by atoms with Crippen molar-refractivity contribution in [3.8, 4) is 0 Å². The Morgan fingerprint density at radius 2 is 1.91 bits per heavy atom. The van der Waals surface area contributed by atoms with Crippen LogP contribution >= 0.6 is 0 Å². The van der Waals surface area contributed by atoms with E-state index in [2.05, 4.69) is 19.9 Å². The van der Waals surface area contributed by atoms with Crippen molar-refractivity contribution >= 4 is 5.91 Å². The van der Waals surface area contributed by atoms with Gasteiger partial charge in [-0.25, -0.2) is 0 Å². The van der Waals surface area contributed by atoms with Crippen LogP contribution in [0.5, 0.6) is 0 Å². The van der Waals surface area contributed by atoms with Gasteiger partial charge in [-0.15, -0.1) is 0 Å². The van der Waals surface area contributed by atoms with Crippen LogP contribution in [0.15, 0.2) is 12.2 Å². The molecule has 4 nitrogen and oxygen atoms in total. The SMILES string of the molecule is CN1C(=O)C=C[C@]2(C)[C@H]3CC[C@]4(C)[C@@H](O)[C@@H](O)C[C@H]4[C@@H]3CC[C@@H]12. The fourth-order valence-electron chi connectivity index (χ4n) is 6.73. The lowest BCUT2D eigenvalue weighted by molar-refractivity contribution is -0.140. The number of carbonyl (C=O) groups excluding carboxylic acids is 1. The van der Waals surface area contributed by atoms with Crippen LogP contribution in [0.4, 0.5) is 0 Å². The van der Waals surface area contributed by atoms with Gasteiger partial charge in [-0.05, 0) is 61.3 Å². The number of rotatable bonds is 0. The van der Waals surface area contributed by atoms with Crippen LogP contribution in [0.2, 0.25) is 0 Å². The number of fused-ring (bicyclic) bond motifs is 5. The topological polar surface area (TPSA) is 60.8 Å². The Morgan fingerprint density at radius 3 is 2.65 bits per heavy atom. The van der Waals surface area contributed by atoms with E-state index >= 15 is 0 Å². The van der Waals surface area contributed by atoms with E-state index < -0.39 is 12.2 Å². The highest BCUT2D eigenvalue weighted by Crippen LogP contribution is 2.63. The van der Waals surface area contributed by atoms with Crippen molar-refractivity contribution in [2.24, 2.45) is 28.6 Å². The van der Waals surface area contributed by atoms with Crippen LogP contribution in [0.3, 0.4) is 0 Å². The highest BCUT2D eigenvalue weighted by Gasteiger charge is 2.62. The van der Waals surface area contributed by atoms with Gasteiger partial charge in [0, 0.05) is 18.5 Å². The minimum atomic E-state index is -0.579.